The van der Waals surface area contributed by atoms with Crippen LogP contribution in [0.2, 0.25) is 0 Å². The first-order valence-electron chi connectivity index (χ1n) is 10.0. The summed E-state index contributed by atoms with van der Waals surface area (Å²) in [6, 6.07) is 15.5. The van der Waals surface area contributed by atoms with Gasteiger partial charge in [0.2, 0.25) is 5.91 Å². The Hall–Kier alpha value is -3.54. The molecule has 0 spiro atoms. The highest BCUT2D eigenvalue weighted by Crippen LogP contribution is 2.40. The Morgan fingerprint density at radius 2 is 1.90 bits per heavy atom. The van der Waals surface area contributed by atoms with E-state index in [4.69, 9.17) is 0 Å². The Balaban J connectivity index is 1.76. The number of benzene rings is 1. The standard InChI is InChI=1S/C24H24N4O2/c1-15-12-22(27-24-6-4-5-11-25-24)20-13-18(8-10-23(20)28(15)17(3)30)21-9-7-19(14-26-21)16(2)29/h4-11,13-15,22H,12H2,1-3H3,(H,25,27)/t15-,22+/m0/s1. The number of hydrogen-bond acceptors (Lipinski definition) is 5. The highest BCUT2D eigenvalue weighted by atomic mass is 16.2. The summed E-state index contributed by atoms with van der Waals surface area (Å²) in [7, 11) is 0. The van der Waals surface area contributed by atoms with E-state index in [1.165, 1.54) is 6.92 Å². The van der Waals surface area contributed by atoms with E-state index < -0.39 is 0 Å². The van der Waals surface area contributed by atoms with Crippen LogP contribution in [-0.2, 0) is 4.79 Å². The third kappa shape index (κ3) is 3.81. The second kappa shape index (κ2) is 8.06. The molecule has 1 aliphatic rings. The molecule has 0 aliphatic carbocycles. The molecule has 0 saturated carbocycles. The molecule has 1 amide bonds. The van der Waals surface area contributed by atoms with Crippen LogP contribution in [0, 0.1) is 0 Å². The molecule has 152 valence electrons. The first kappa shape index (κ1) is 19.8. The monoisotopic (exact) mass is 400 g/mol. The highest BCUT2D eigenvalue weighted by Gasteiger charge is 2.32. The van der Waals surface area contributed by atoms with Gasteiger partial charge in [0.25, 0.3) is 0 Å². The summed E-state index contributed by atoms with van der Waals surface area (Å²) in [5.74, 6) is 0.813. The lowest BCUT2D eigenvalue weighted by Gasteiger charge is -2.39. The van der Waals surface area contributed by atoms with Crippen molar-refractivity contribution < 1.29 is 9.59 Å². The van der Waals surface area contributed by atoms with E-state index in [1.807, 2.05) is 41.3 Å². The van der Waals surface area contributed by atoms with E-state index in [1.54, 1.807) is 25.4 Å². The molecule has 1 aliphatic heterocycles. The third-order valence-corrected chi connectivity index (χ3v) is 5.47. The lowest BCUT2D eigenvalue weighted by Crippen LogP contribution is -2.43. The van der Waals surface area contributed by atoms with Gasteiger partial charge in [-0.15, -0.1) is 0 Å². The highest BCUT2D eigenvalue weighted by molar-refractivity contribution is 5.95. The SMILES string of the molecule is CC(=O)c1ccc(-c2ccc3c(c2)[C@H](Nc2ccccn2)C[C@H](C)N3C(C)=O)nc1. The molecule has 30 heavy (non-hydrogen) atoms. The van der Waals surface area contributed by atoms with Crippen LogP contribution in [0.5, 0.6) is 0 Å². The maximum atomic E-state index is 12.3. The number of carbonyl (C=O) groups is 2. The summed E-state index contributed by atoms with van der Waals surface area (Å²) in [4.78, 5) is 34.6. The molecule has 3 heterocycles. The Bertz CT molecular complexity index is 1080. The van der Waals surface area contributed by atoms with Crippen LogP contribution in [0.15, 0.2) is 60.9 Å². The van der Waals surface area contributed by atoms with Crippen LogP contribution in [0.1, 0.15) is 49.2 Å². The smallest absolute Gasteiger partial charge is 0.224 e. The van der Waals surface area contributed by atoms with Gasteiger partial charge in [0, 0.05) is 42.2 Å². The summed E-state index contributed by atoms with van der Waals surface area (Å²) >= 11 is 0. The second-order valence-corrected chi connectivity index (χ2v) is 7.65. The van der Waals surface area contributed by atoms with Gasteiger partial charge in [-0.1, -0.05) is 12.1 Å². The van der Waals surface area contributed by atoms with Gasteiger partial charge < -0.3 is 10.2 Å². The van der Waals surface area contributed by atoms with Crippen LogP contribution in [0.25, 0.3) is 11.3 Å². The predicted molar refractivity (Wildman–Crippen MR) is 118 cm³/mol. The van der Waals surface area contributed by atoms with Gasteiger partial charge in [-0.25, -0.2) is 4.98 Å². The zero-order valence-electron chi connectivity index (χ0n) is 17.3. The minimum atomic E-state index is -0.00907. The quantitative estimate of drug-likeness (QED) is 0.646. The van der Waals surface area contributed by atoms with Crippen molar-refractivity contribution in [1.82, 2.24) is 9.97 Å². The first-order chi connectivity index (χ1) is 14.4. The molecule has 0 radical (unpaired) electrons. The van der Waals surface area contributed by atoms with Crippen LogP contribution < -0.4 is 10.2 Å². The van der Waals surface area contributed by atoms with Crippen LogP contribution in [0.4, 0.5) is 11.5 Å². The molecular weight excluding hydrogens is 376 g/mol. The van der Waals surface area contributed by atoms with E-state index in [0.29, 0.717) is 5.56 Å². The molecule has 0 bridgehead atoms. The number of pyridine rings is 2. The molecule has 6 heteroatoms. The summed E-state index contributed by atoms with van der Waals surface area (Å²) in [5, 5.41) is 3.52. The van der Waals surface area contributed by atoms with Gasteiger partial charge in [-0.05, 0) is 62.2 Å². The van der Waals surface area contributed by atoms with Gasteiger partial charge in [-0.2, -0.15) is 0 Å². The number of nitrogens with one attached hydrogen (secondary N) is 1. The van der Waals surface area contributed by atoms with Crippen LogP contribution >= 0.6 is 0 Å². The minimum absolute atomic E-state index is 0.00907. The number of fused-ring (bicyclic) bond motifs is 1. The molecule has 2 aromatic heterocycles. The van der Waals surface area contributed by atoms with Crippen molar-refractivity contribution in [2.75, 3.05) is 10.2 Å². The molecule has 0 fully saturated rings. The third-order valence-electron chi connectivity index (χ3n) is 5.47. The fourth-order valence-electron chi connectivity index (χ4n) is 4.04. The van der Waals surface area contributed by atoms with Crippen LogP contribution in [-0.4, -0.2) is 27.7 Å². The van der Waals surface area contributed by atoms with Gasteiger partial charge >= 0.3 is 0 Å². The van der Waals surface area contributed by atoms with Crippen molar-refractivity contribution in [3.8, 4) is 11.3 Å². The zero-order chi connectivity index (χ0) is 21.3. The molecule has 2 atom stereocenters. The molecular formula is C24H24N4O2. The fraction of sp³-hybridized carbons (Fsp3) is 0.250. The Morgan fingerprint density at radius 1 is 1.07 bits per heavy atom. The fourth-order valence-corrected chi connectivity index (χ4v) is 4.04. The summed E-state index contributed by atoms with van der Waals surface area (Å²) in [6.07, 6.45) is 4.13. The lowest BCUT2D eigenvalue weighted by molar-refractivity contribution is -0.117. The average Bonchev–Trinajstić information content (AvgIpc) is 2.74. The summed E-state index contributed by atoms with van der Waals surface area (Å²) in [6.45, 7) is 5.19. The second-order valence-electron chi connectivity index (χ2n) is 7.65. The number of anilines is 2. The van der Waals surface area contributed by atoms with E-state index in [9.17, 15) is 9.59 Å². The van der Waals surface area contributed by atoms with Gasteiger partial charge in [0.05, 0.1) is 11.7 Å². The Kier molecular flexibility index (Phi) is 5.31. The Labute approximate surface area is 176 Å². The molecule has 6 nitrogen and oxygen atoms in total. The first-order valence-corrected chi connectivity index (χ1v) is 10.0. The molecule has 1 aromatic carbocycles. The molecule has 4 rings (SSSR count). The van der Waals surface area contributed by atoms with Gasteiger partial charge in [-0.3, -0.25) is 14.6 Å². The minimum Gasteiger partial charge on any atom is -0.363 e. The normalized spacial score (nSPS) is 17.9. The van der Waals surface area contributed by atoms with E-state index in [-0.39, 0.29) is 23.8 Å². The number of Topliss-reactive ketones (excluding diaryl/α,β-unsaturated/α-hetero) is 1. The number of aromatic nitrogens is 2. The van der Waals surface area contributed by atoms with Crippen molar-refractivity contribution in [1.29, 1.82) is 0 Å². The topological polar surface area (TPSA) is 75.2 Å². The number of hydrogen-bond donors (Lipinski definition) is 1. The molecule has 1 N–H and O–H groups in total. The van der Waals surface area contributed by atoms with Crippen molar-refractivity contribution in [2.45, 2.75) is 39.3 Å². The lowest BCUT2D eigenvalue weighted by atomic mass is 9.89. The summed E-state index contributed by atoms with van der Waals surface area (Å²) < 4.78 is 0. The van der Waals surface area contributed by atoms with E-state index in [2.05, 4.69) is 28.3 Å². The van der Waals surface area contributed by atoms with E-state index in [0.717, 1.165) is 34.7 Å². The maximum absolute atomic E-state index is 12.3. The van der Waals surface area contributed by atoms with Crippen molar-refractivity contribution in [2.24, 2.45) is 0 Å². The largest absolute Gasteiger partial charge is 0.363 e. The number of nitrogens with zero attached hydrogens (tertiary/aromatic N) is 3. The van der Waals surface area contributed by atoms with Gasteiger partial charge in [0.1, 0.15) is 5.82 Å². The maximum Gasteiger partial charge on any atom is 0.224 e. The molecule has 3 aromatic rings. The summed E-state index contributed by atoms with van der Waals surface area (Å²) in [5.41, 5.74) is 4.24. The van der Waals surface area contributed by atoms with E-state index >= 15 is 0 Å². The number of amides is 1. The molecule has 0 unspecified atom stereocenters. The van der Waals surface area contributed by atoms with Crippen molar-refractivity contribution >= 4 is 23.2 Å². The zero-order valence-corrected chi connectivity index (χ0v) is 17.3. The predicted octanol–water partition coefficient (Wildman–Crippen LogP) is 4.64. The molecule has 0 saturated heterocycles. The Morgan fingerprint density at radius 3 is 2.53 bits per heavy atom. The van der Waals surface area contributed by atoms with Crippen LogP contribution in [0.3, 0.4) is 0 Å². The van der Waals surface area contributed by atoms with Crippen molar-refractivity contribution in [3.05, 3.63) is 72.1 Å². The number of ketones is 1. The van der Waals surface area contributed by atoms with Crippen molar-refractivity contribution in [3.63, 3.8) is 0 Å². The number of carbonyl (C=O) groups excluding carboxylic acids is 2. The van der Waals surface area contributed by atoms with Gasteiger partial charge in [0.15, 0.2) is 5.78 Å². The average molecular weight is 400 g/mol. The number of rotatable bonds is 4.